The van der Waals surface area contributed by atoms with E-state index in [1.165, 1.54) is 23.5 Å². The summed E-state index contributed by atoms with van der Waals surface area (Å²) >= 11 is 0. The predicted molar refractivity (Wildman–Crippen MR) is 140 cm³/mol. The summed E-state index contributed by atoms with van der Waals surface area (Å²) in [7, 11) is 1.50. The maximum atomic E-state index is 13.4. The van der Waals surface area contributed by atoms with Gasteiger partial charge in [-0.05, 0) is 29.8 Å². The molecule has 3 amide bonds. The standard InChI is InChI=1S/C23H25N5O3.C3H8.CH5N/c1-2-6-20-23(31)25(13-18-9-5-8-17-7-3-4-10-19(17)18)14-21-27(16-29)26(12-11-24)15-22(30)28(20)21;1-3-2;1-2/h3-5,7-10,16,20-21H,2,6,12-15H2,1H3;3H2,1-2H3;2H2,1H3/t20-,21?;;/m0../s1. The SMILES string of the molecule is CCC.CCC[C@H]1C(=O)N(Cc2cccc3ccccc23)CC2N1C(=O)CN(CC#N)N2C=O.CN. The Morgan fingerprint density at radius 1 is 1.08 bits per heavy atom. The number of hydrazine groups is 1. The number of carbonyl (C=O) groups is 3. The third kappa shape index (κ3) is 6.20. The van der Waals surface area contributed by atoms with E-state index in [0.29, 0.717) is 19.4 Å². The van der Waals surface area contributed by atoms with Gasteiger partial charge < -0.3 is 15.5 Å². The van der Waals surface area contributed by atoms with Crippen LogP contribution in [-0.2, 0) is 20.9 Å². The van der Waals surface area contributed by atoms with Crippen LogP contribution in [0.15, 0.2) is 42.5 Å². The summed E-state index contributed by atoms with van der Waals surface area (Å²) in [6.45, 7) is 6.67. The summed E-state index contributed by atoms with van der Waals surface area (Å²) in [5.74, 6) is -0.325. The lowest BCUT2D eigenvalue weighted by Gasteiger charge is -2.54. The van der Waals surface area contributed by atoms with Crippen molar-refractivity contribution in [2.45, 2.75) is 58.8 Å². The van der Waals surface area contributed by atoms with Gasteiger partial charge in [-0.2, -0.15) is 10.3 Å². The zero-order chi connectivity index (χ0) is 26.7. The van der Waals surface area contributed by atoms with Gasteiger partial charge in [-0.3, -0.25) is 19.4 Å². The Hall–Kier alpha value is -3.48. The van der Waals surface area contributed by atoms with Gasteiger partial charge in [0.25, 0.3) is 0 Å². The van der Waals surface area contributed by atoms with Crippen LogP contribution in [0, 0.1) is 11.3 Å². The van der Waals surface area contributed by atoms with E-state index < -0.39 is 12.2 Å². The Balaban J connectivity index is 0.000000850. The normalized spacial score (nSPS) is 19.5. The molecule has 2 saturated heterocycles. The van der Waals surface area contributed by atoms with Gasteiger partial charge in [0.15, 0.2) is 0 Å². The molecule has 9 heteroatoms. The average molecular weight is 495 g/mol. The molecule has 2 aliphatic heterocycles. The smallest absolute Gasteiger partial charge is 0.245 e. The van der Waals surface area contributed by atoms with Gasteiger partial charge in [0.05, 0.1) is 19.2 Å². The van der Waals surface area contributed by atoms with Crippen LogP contribution in [0.5, 0.6) is 0 Å². The van der Waals surface area contributed by atoms with E-state index in [0.717, 1.165) is 22.8 Å². The monoisotopic (exact) mass is 494 g/mol. The molecule has 2 aliphatic rings. The van der Waals surface area contributed by atoms with Crippen LogP contribution >= 0.6 is 0 Å². The number of benzene rings is 2. The molecular formula is C27H38N6O3. The highest BCUT2D eigenvalue weighted by Crippen LogP contribution is 2.29. The van der Waals surface area contributed by atoms with Crippen LogP contribution in [0.2, 0.25) is 0 Å². The Bertz CT molecular complexity index is 1060. The Morgan fingerprint density at radius 2 is 1.75 bits per heavy atom. The molecule has 0 radical (unpaired) electrons. The number of piperazine rings is 1. The second kappa shape index (κ2) is 14.2. The van der Waals surface area contributed by atoms with Crippen molar-refractivity contribution in [2.75, 3.05) is 26.7 Å². The molecule has 9 nitrogen and oxygen atoms in total. The molecule has 2 fully saturated rings. The van der Waals surface area contributed by atoms with Crippen LogP contribution < -0.4 is 5.73 Å². The van der Waals surface area contributed by atoms with Crippen molar-refractivity contribution in [3.63, 3.8) is 0 Å². The minimum Gasteiger partial charge on any atom is -0.333 e. The molecule has 36 heavy (non-hydrogen) atoms. The zero-order valence-electron chi connectivity index (χ0n) is 21.8. The molecule has 2 N–H and O–H groups in total. The molecule has 0 bridgehead atoms. The van der Waals surface area contributed by atoms with Crippen molar-refractivity contribution in [3.05, 3.63) is 48.0 Å². The lowest BCUT2D eigenvalue weighted by atomic mass is 10.00. The maximum Gasteiger partial charge on any atom is 0.245 e. The fourth-order valence-corrected chi connectivity index (χ4v) is 4.64. The zero-order valence-corrected chi connectivity index (χ0v) is 21.8. The minimum absolute atomic E-state index is 0.0649. The fraction of sp³-hybridized carbons (Fsp3) is 0.481. The number of amides is 3. The molecule has 0 spiro atoms. The summed E-state index contributed by atoms with van der Waals surface area (Å²) in [5, 5.41) is 14.1. The van der Waals surface area contributed by atoms with Crippen LogP contribution in [0.3, 0.4) is 0 Å². The predicted octanol–water partition coefficient (Wildman–Crippen LogP) is 2.71. The van der Waals surface area contributed by atoms with E-state index in [4.69, 9.17) is 5.26 Å². The summed E-state index contributed by atoms with van der Waals surface area (Å²) in [6, 6.07) is 15.4. The molecule has 2 heterocycles. The van der Waals surface area contributed by atoms with Gasteiger partial charge in [0.2, 0.25) is 18.2 Å². The van der Waals surface area contributed by atoms with Gasteiger partial charge in [-0.25, -0.2) is 0 Å². The van der Waals surface area contributed by atoms with Gasteiger partial charge in [0, 0.05) is 6.54 Å². The highest BCUT2D eigenvalue weighted by Gasteiger charge is 2.49. The first kappa shape index (κ1) is 28.8. The Kier molecular flexibility index (Phi) is 11.3. The molecular weight excluding hydrogens is 456 g/mol. The summed E-state index contributed by atoms with van der Waals surface area (Å²) in [5.41, 5.74) is 5.52. The van der Waals surface area contributed by atoms with E-state index in [9.17, 15) is 14.4 Å². The third-order valence-corrected chi connectivity index (χ3v) is 6.04. The van der Waals surface area contributed by atoms with Gasteiger partial charge in [-0.1, -0.05) is 76.1 Å². The summed E-state index contributed by atoms with van der Waals surface area (Å²) in [4.78, 5) is 41.5. The topological polar surface area (TPSA) is 114 Å². The van der Waals surface area contributed by atoms with Crippen LogP contribution in [0.4, 0.5) is 0 Å². The van der Waals surface area contributed by atoms with Crippen molar-refractivity contribution in [1.82, 2.24) is 19.8 Å². The molecule has 2 aromatic rings. The first-order valence-corrected chi connectivity index (χ1v) is 12.5. The number of nitriles is 1. The Labute approximate surface area is 214 Å². The highest BCUT2D eigenvalue weighted by molar-refractivity contribution is 5.91. The number of hydrogen-bond donors (Lipinski definition) is 1. The first-order chi connectivity index (χ1) is 17.5. The number of nitrogens with zero attached hydrogens (tertiary/aromatic N) is 5. The number of carbonyl (C=O) groups excluding carboxylic acids is 3. The maximum absolute atomic E-state index is 13.4. The second-order valence-corrected chi connectivity index (χ2v) is 8.62. The van der Waals surface area contributed by atoms with E-state index in [1.807, 2.05) is 55.5 Å². The first-order valence-electron chi connectivity index (χ1n) is 12.5. The largest absolute Gasteiger partial charge is 0.333 e. The van der Waals surface area contributed by atoms with Crippen molar-refractivity contribution in [1.29, 1.82) is 5.26 Å². The Morgan fingerprint density at radius 3 is 2.39 bits per heavy atom. The summed E-state index contributed by atoms with van der Waals surface area (Å²) < 4.78 is 0. The molecule has 0 aromatic heterocycles. The van der Waals surface area contributed by atoms with Crippen LogP contribution in [0.25, 0.3) is 10.8 Å². The van der Waals surface area contributed by atoms with Crippen molar-refractivity contribution in [2.24, 2.45) is 5.73 Å². The van der Waals surface area contributed by atoms with Crippen molar-refractivity contribution in [3.8, 4) is 6.07 Å². The van der Waals surface area contributed by atoms with Crippen LogP contribution in [-0.4, -0.2) is 76.9 Å². The van der Waals surface area contributed by atoms with Crippen molar-refractivity contribution >= 4 is 29.0 Å². The number of hydrogen-bond acceptors (Lipinski definition) is 6. The van der Waals surface area contributed by atoms with E-state index in [-0.39, 0.29) is 31.4 Å². The van der Waals surface area contributed by atoms with Gasteiger partial charge >= 0.3 is 0 Å². The number of rotatable bonds is 6. The molecule has 0 saturated carbocycles. The molecule has 0 aliphatic carbocycles. The summed E-state index contributed by atoms with van der Waals surface area (Å²) in [6.07, 6.45) is 2.54. The number of fused-ring (bicyclic) bond motifs is 2. The van der Waals surface area contributed by atoms with Gasteiger partial charge in [0.1, 0.15) is 18.8 Å². The fourth-order valence-electron chi connectivity index (χ4n) is 4.64. The number of nitrogens with two attached hydrogens (primary N) is 1. The van der Waals surface area contributed by atoms with E-state index in [1.54, 1.807) is 9.80 Å². The second-order valence-electron chi connectivity index (χ2n) is 8.62. The molecule has 2 aromatic carbocycles. The lowest BCUT2D eigenvalue weighted by Crippen LogP contribution is -2.74. The lowest BCUT2D eigenvalue weighted by molar-refractivity contribution is -0.199. The van der Waals surface area contributed by atoms with Crippen LogP contribution in [0.1, 0.15) is 45.6 Å². The van der Waals surface area contributed by atoms with E-state index in [2.05, 4.69) is 19.6 Å². The molecule has 2 atom stereocenters. The average Bonchev–Trinajstić information content (AvgIpc) is 2.89. The minimum atomic E-state index is -0.615. The highest BCUT2D eigenvalue weighted by atomic mass is 16.2. The quantitative estimate of drug-likeness (QED) is 0.488. The third-order valence-electron chi connectivity index (χ3n) is 6.04. The molecule has 194 valence electrons. The molecule has 1 unspecified atom stereocenters. The van der Waals surface area contributed by atoms with Gasteiger partial charge in [-0.15, -0.1) is 0 Å². The molecule has 4 rings (SSSR count). The van der Waals surface area contributed by atoms with Crippen molar-refractivity contribution < 1.29 is 14.4 Å². The van der Waals surface area contributed by atoms with E-state index >= 15 is 0 Å².